The van der Waals surface area contributed by atoms with Crippen LogP contribution < -0.4 is 0 Å². The van der Waals surface area contributed by atoms with E-state index in [2.05, 4.69) is 54.5 Å². The third-order valence-corrected chi connectivity index (χ3v) is 14.8. The van der Waals surface area contributed by atoms with Gasteiger partial charge in [-0.3, -0.25) is 0 Å². The number of unbranched alkanes of at least 4 members (excludes halogenated alkanes) is 13. The van der Waals surface area contributed by atoms with Gasteiger partial charge in [0, 0.05) is 6.61 Å². The van der Waals surface area contributed by atoms with Crippen molar-refractivity contribution >= 4 is 0 Å². The predicted molar refractivity (Wildman–Crippen MR) is 207 cm³/mol. The summed E-state index contributed by atoms with van der Waals surface area (Å²) in [7, 11) is 0. The van der Waals surface area contributed by atoms with E-state index in [9.17, 15) is 0 Å². The molecule has 4 aliphatic carbocycles. The Morgan fingerprint density at radius 3 is 1.81 bits per heavy atom. The molecule has 3 fully saturated rings. The van der Waals surface area contributed by atoms with Crippen LogP contribution in [0.2, 0.25) is 0 Å². The van der Waals surface area contributed by atoms with E-state index in [1.165, 1.54) is 167 Å². The molecule has 1 nitrogen and oxygen atoms in total. The van der Waals surface area contributed by atoms with Crippen LogP contribution >= 0.6 is 0 Å². The van der Waals surface area contributed by atoms with Gasteiger partial charge in [-0.2, -0.15) is 0 Å². The fourth-order valence-corrected chi connectivity index (χ4v) is 11.8. The lowest BCUT2D eigenvalue weighted by Crippen LogP contribution is -2.51. The van der Waals surface area contributed by atoms with Gasteiger partial charge in [-0.25, -0.2) is 0 Å². The molecule has 1 heteroatoms. The van der Waals surface area contributed by atoms with Crippen molar-refractivity contribution < 1.29 is 4.74 Å². The van der Waals surface area contributed by atoms with Gasteiger partial charge in [0.05, 0.1) is 6.10 Å². The van der Waals surface area contributed by atoms with Crippen molar-refractivity contribution in [3.05, 3.63) is 11.6 Å². The Balaban J connectivity index is 1.06. The van der Waals surface area contributed by atoms with Gasteiger partial charge in [-0.05, 0) is 110 Å². The first-order chi connectivity index (χ1) is 22.6. The highest BCUT2D eigenvalue weighted by atomic mass is 16.5. The third kappa shape index (κ3) is 11.3. The van der Waals surface area contributed by atoms with Crippen LogP contribution in [-0.4, -0.2) is 12.7 Å². The zero-order valence-corrected chi connectivity index (χ0v) is 33.2. The van der Waals surface area contributed by atoms with Crippen LogP contribution in [0.3, 0.4) is 0 Å². The van der Waals surface area contributed by atoms with Gasteiger partial charge in [0.2, 0.25) is 0 Å². The lowest BCUT2D eigenvalue weighted by Gasteiger charge is -2.58. The molecule has 47 heavy (non-hydrogen) atoms. The van der Waals surface area contributed by atoms with Crippen LogP contribution in [0.4, 0.5) is 0 Å². The van der Waals surface area contributed by atoms with E-state index < -0.39 is 0 Å². The summed E-state index contributed by atoms with van der Waals surface area (Å²) in [6.07, 6.45) is 40.4. The van der Waals surface area contributed by atoms with Gasteiger partial charge in [0.1, 0.15) is 0 Å². The largest absolute Gasteiger partial charge is 0.378 e. The summed E-state index contributed by atoms with van der Waals surface area (Å²) in [5.74, 6) is 6.48. The van der Waals surface area contributed by atoms with Crippen molar-refractivity contribution in [1.82, 2.24) is 0 Å². The molecule has 0 N–H and O–H groups in total. The molecule has 0 radical (unpaired) electrons. The number of rotatable bonds is 23. The smallest absolute Gasteiger partial charge is 0.0612 e. The summed E-state index contributed by atoms with van der Waals surface area (Å²) < 4.78 is 6.57. The maximum Gasteiger partial charge on any atom is 0.0612 e. The normalized spacial score (nSPS) is 32.7. The molecular weight excluding hydrogens is 569 g/mol. The van der Waals surface area contributed by atoms with Crippen molar-refractivity contribution in [3.63, 3.8) is 0 Å². The van der Waals surface area contributed by atoms with Gasteiger partial charge in [-0.1, -0.05) is 169 Å². The van der Waals surface area contributed by atoms with Gasteiger partial charge < -0.3 is 4.74 Å². The summed E-state index contributed by atoms with van der Waals surface area (Å²) in [5, 5.41) is 0. The standard InChI is InChI=1S/C46H84O/c1-36(2)23-20-18-16-14-12-10-8-9-11-13-15-17-19-21-34-47-40-30-32-45(6)39(35-40)26-27-41-43-29-28-42(38(5)25-22-24-37(3)4)46(43,7)33-31-44(41)45/h26,36-38,40-44H,8-25,27-35H2,1-7H3/t38?,40-,41?,42?,43?,44?,45?,46?/m0/s1. The molecule has 0 aromatic carbocycles. The minimum absolute atomic E-state index is 0.457. The first kappa shape index (κ1) is 39.5. The van der Waals surface area contributed by atoms with Crippen LogP contribution in [0.25, 0.3) is 0 Å². The van der Waals surface area contributed by atoms with Crippen LogP contribution in [0.5, 0.6) is 0 Å². The van der Waals surface area contributed by atoms with Gasteiger partial charge in [0.25, 0.3) is 0 Å². The molecular formula is C46H84O. The number of hydrogen-bond donors (Lipinski definition) is 0. The molecule has 0 saturated heterocycles. The second-order valence-corrected chi connectivity index (χ2v) is 19.2. The van der Waals surface area contributed by atoms with E-state index in [1.54, 1.807) is 5.57 Å². The molecule has 4 rings (SSSR count). The summed E-state index contributed by atoms with van der Waals surface area (Å²) >= 11 is 0. The van der Waals surface area contributed by atoms with Crippen molar-refractivity contribution in [2.75, 3.05) is 6.61 Å². The molecule has 0 aliphatic heterocycles. The minimum Gasteiger partial charge on any atom is -0.378 e. The Morgan fingerprint density at radius 2 is 1.19 bits per heavy atom. The Labute approximate surface area is 296 Å². The minimum atomic E-state index is 0.457. The highest BCUT2D eigenvalue weighted by molar-refractivity contribution is 5.25. The monoisotopic (exact) mass is 653 g/mol. The Bertz CT molecular complexity index is 885. The van der Waals surface area contributed by atoms with E-state index >= 15 is 0 Å². The van der Waals surface area contributed by atoms with Crippen molar-refractivity contribution in [3.8, 4) is 0 Å². The quantitative estimate of drug-likeness (QED) is 0.0788. The summed E-state index contributed by atoms with van der Waals surface area (Å²) in [6.45, 7) is 18.5. The van der Waals surface area contributed by atoms with Gasteiger partial charge in [-0.15, -0.1) is 0 Å². The zero-order valence-electron chi connectivity index (χ0n) is 33.2. The number of allylic oxidation sites excluding steroid dienone is 1. The van der Waals surface area contributed by atoms with E-state index in [-0.39, 0.29) is 0 Å². The Morgan fingerprint density at radius 1 is 0.617 bits per heavy atom. The maximum atomic E-state index is 6.57. The highest BCUT2D eigenvalue weighted by Crippen LogP contribution is 2.67. The number of fused-ring (bicyclic) bond motifs is 5. The van der Waals surface area contributed by atoms with Gasteiger partial charge in [0.15, 0.2) is 0 Å². The van der Waals surface area contributed by atoms with E-state index in [0.29, 0.717) is 16.9 Å². The maximum absolute atomic E-state index is 6.57. The van der Waals surface area contributed by atoms with Crippen LogP contribution in [0.1, 0.15) is 215 Å². The molecule has 4 aliphatic rings. The summed E-state index contributed by atoms with van der Waals surface area (Å²) in [4.78, 5) is 0. The topological polar surface area (TPSA) is 9.23 Å². The van der Waals surface area contributed by atoms with Crippen LogP contribution in [-0.2, 0) is 4.74 Å². The fourth-order valence-electron chi connectivity index (χ4n) is 11.8. The SMILES string of the molecule is CC(C)CCCCCCCCCCCCCCCCO[C@H]1CCC2(C)C(=CCC3C2CCC2(C)C(C(C)CCCC(C)C)CCC32)C1. The van der Waals surface area contributed by atoms with Crippen LogP contribution in [0, 0.1) is 52.3 Å². The average Bonchev–Trinajstić information content (AvgIpc) is 3.39. The fraction of sp³-hybridized carbons (Fsp3) is 0.957. The molecule has 0 aromatic rings. The van der Waals surface area contributed by atoms with E-state index in [0.717, 1.165) is 48.0 Å². The second-order valence-electron chi connectivity index (χ2n) is 19.2. The molecule has 3 saturated carbocycles. The number of hydrogen-bond acceptors (Lipinski definition) is 1. The lowest BCUT2D eigenvalue weighted by molar-refractivity contribution is -0.0641. The van der Waals surface area contributed by atoms with Crippen molar-refractivity contribution in [1.29, 1.82) is 0 Å². The Hall–Kier alpha value is -0.300. The van der Waals surface area contributed by atoms with E-state index in [1.807, 2.05) is 0 Å². The highest BCUT2D eigenvalue weighted by Gasteiger charge is 2.59. The summed E-state index contributed by atoms with van der Waals surface area (Å²) in [6, 6.07) is 0. The Kier molecular flexibility index (Phi) is 16.7. The van der Waals surface area contributed by atoms with Gasteiger partial charge >= 0.3 is 0 Å². The van der Waals surface area contributed by atoms with Crippen molar-refractivity contribution in [2.45, 2.75) is 222 Å². The van der Waals surface area contributed by atoms with E-state index in [4.69, 9.17) is 4.74 Å². The zero-order chi connectivity index (χ0) is 33.7. The van der Waals surface area contributed by atoms with Crippen molar-refractivity contribution in [2.24, 2.45) is 52.3 Å². The van der Waals surface area contributed by atoms with Crippen LogP contribution in [0.15, 0.2) is 11.6 Å². The molecule has 0 spiro atoms. The second kappa shape index (κ2) is 19.9. The molecule has 274 valence electrons. The predicted octanol–water partition coefficient (Wildman–Crippen LogP) is 14.9. The molecule has 0 heterocycles. The molecule has 0 bridgehead atoms. The molecule has 0 aromatic heterocycles. The average molecular weight is 653 g/mol. The third-order valence-electron chi connectivity index (χ3n) is 14.8. The molecule has 7 unspecified atom stereocenters. The number of ether oxygens (including phenoxy) is 1. The summed E-state index contributed by atoms with van der Waals surface area (Å²) in [5.41, 5.74) is 2.86. The molecule has 8 atom stereocenters. The first-order valence-electron chi connectivity index (χ1n) is 22.0. The first-order valence-corrected chi connectivity index (χ1v) is 22.0. The lowest BCUT2D eigenvalue weighted by atomic mass is 9.47. The molecule has 0 amide bonds.